The van der Waals surface area contributed by atoms with Crippen LogP contribution in [0.25, 0.3) is 11.0 Å². The molecule has 2 N–H and O–H groups in total. The maximum Gasteiger partial charge on any atom is 0.371 e. The molecule has 4 aromatic rings. The Kier molecular flexibility index (Phi) is 6.03. The third-order valence-electron chi connectivity index (χ3n) is 5.69. The summed E-state index contributed by atoms with van der Waals surface area (Å²) in [7, 11) is 0. The Morgan fingerprint density at radius 3 is 2.66 bits per heavy atom. The summed E-state index contributed by atoms with van der Waals surface area (Å²) in [5.41, 5.74) is 2.08. The van der Waals surface area contributed by atoms with Crippen LogP contribution in [0.15, 0.2) is 82.0 Å². The summed E-state index contributed by atoms with van der Waals surface area (Å²) in [5, 5.41) is 12.1. The number of carboxylic acid groups (broad SMARTS) is 1. The van der Waals surface area contributed by atoms with Crippen LogP contribution in [0.5, 0.6) is 5.75 Å². The van der Waals surface area contributed by atoms with E-state index < -0.39 is 23.1 Å². The molecule has 5 rings (SSSR count). The fourth-order valence-corrected chi connectivity index (χ4v) is 4.01. The number of ether oxygens (including phenoxy) is 2. The Morgan fingerprint density at radius 2 is 1.86 bits per heavy atom. The van der Waals surface area contributed by atoms with Gasteiger partial charge < -0.3 is 24.3 Å². The van der Waals surface area contributed by atoms with Crippen molar-refractivity contribution in [1.82, 2.24) is 0 Å². The first-order valence-electron chi connectivity index (χ1n) is 11.0. The van der Waals surface area contributed by atoms with Gasteiger partial charge >= 0.3 is 5.97 Å². The van der Waals surface area contributed by atoms with Crippen LogP contribution in [-0.4, -0.2) is 29.7 Å². The molecule has 0 saturated carbocycles. The molecule has 0 radical (unpaired) electrons. The number of carboxylic acids is 1. The number of aromatic carboxylic acids is 1. The number of rotatable bonds is 7. The molecule has 8 heteroatoms. The third kappa shape index (κ3) is 4.78. The molecule has 0 spiro atoms. The van der Waals surface area contributed by atoms with Gasteiger partial charge in [0.1, 0.15) is 11.9 Å². The molecule has 0 fully saturated rings. The number of benzene rings is 3. The van der Waals surface area contributed by atoms with Crippen LogP contribution in [0.2, 0.25) is 0 Å². The lowest BCUT2D eigenvalue weighted by atomic mass is 10.1. The van der Waals surface area contributed by atoms with E-state index >= 15 is 0 Å². The van der Waals surface area contributed by atoms with Crippen LogP contribution >= 0.6 is 0 Å². The van der Waals surface area contributed by atoms with E-state index in [1.165, 1.54) is 6.07 Å². The van der Waals surface area contributed by atoms with Crippen LogP contribution in [0.3, 0.4) is 0 Å². The Labute approximate surface area is 199 Å². The van der Waals surface area contributed by atoms with E-state index in [4.69, 9.17) is 13.9 Å². The Hall–Kier alpha value is -4.43. The highest BCUT2D eigenvalue weighted by Crippen LogP contribution is 2.30. The summed E-state index contributed by atoms with van der Waals surface area (Å²) in [6.45, 7) is 0.918. The number of anilines is 1. The molecule has 1 amide bonds. The van der Waals surface area contributed by atoms with Gasteiger partial charge in [-0.15, -0.1) is 0 Å². The first-order valence-corrected chi connectivity index (χ1v) is 11.0. The maximum absolute atomic E-state index is 13.0. The number of fused-ring (bicyclic) bond motifs is 2. The van der Waals surface area contributed by atoms with Crippen LogP contribution < -0.4 is 15.5 Å². The summed E-state index contributed by atoms with van der Waals surface area (Å²) in [5.74, 6) is -1.59. The maximum atomic E-state index is 13.0. The normalized spacial score (nSPS) is 14.3. The number of nitrogens with one attached hydrogen (secondary N) is 1. The predicted octanol–water partition coefficient (Wildman–Crippen LogP) is 4.26. The van der Waals surface area contributed by atoms with Gasteiger partial charge in [-0.05, 0) is 41.5 Å². The average Bonchev–Trinajstić information content (AvgIpc) is 3.27. The van der Waals surface area contributed by atoms with E-state index in [0.29, 0.717) is 30.9 Å². The molecule has 35 heavy (non-hydrogen) atoms. The fraction of sp³-hybridized carbons (Fsp3) is 0.148. The standard InChI is InChI=1S/C27H21NO7/c29-22-13-24(27(31)32)35-25-20(22)7-4-8-21(25)28-26(30)17-9-10-23-18(11-17)12-19(34-23)15-33-14-16-5-2-1-3-6-16/h1-11,13,19H,12,14-15H2,(H,28,30)(H,31,32). The number of hydrogen-bond donors (Lipinski definition) is 2. The monoisotopic (exact) mass is 471 g/mol. The van der Waals surface area contributed by atoms with Gasteiger partial charge in [0.15, 0.2) is 11.0 Å². The molecule has 2 heterocycles. The Balaban J connectivity index is 1.28. The molecular weight excluding hydrogens is 450 g/mol. The predicted molar refractivity (Wildman–Crippen MR) is 128 cm³/mol. The second kappa shape index (κ2) is 9.44. The van der Waals surface area contributed by atoms with E-state index in [2.05, 4.69) is 5.32 Å². The molecule has 1 aliphatic rings. The van der Waals surface area contributed by atoms with Crippen molar-refractivity contribution in [3.05, 3.63) is 105 Å². The molecule has 1 aliphatic heterocycles. The highest BCUT2D eigenvalue weighted by Gasteiger charge is 2.24. The van der Waals surface area contributed by atoms with Crippen LogP contribution in [-0.2, 0) is 17.8 Å². The van der Waals surface area contributed by atoms with Crippen molar-refractivity contribution in [2.24, 2.45) is 0 Å². The Morgan fingerprint density at radius 1 is 1.03 bits per heavy atom. The van der Waals surface area contributed by atoms with Gasteiger partial charge in [0.25, 0.3) is 5.91 Å². The zero-order chi connectivity index (χ0) is 24.4. The number of carbonyl (C=O) groups excluding carboxylic acids is 1. The van der Waals surface area contributed by atoms with Crippen molar-refractivity contribution in [2.75, 3.05) is 11.9 Å². The second-order valence-corrected chi connectivity index (χ2v) is 8.18. The zero-order valence-electron chi connectivity index (χ0n) is 18.5. The van der Waals surface area contributed by atoms with Gasteiger partial charge in [0.05, 0.1) is 24.3 Å². The SMILES string of the molecule is O=C(Nc1cccc2c(=O)cc(C(=O)O)oc12)c1ccc2c(c1)CC(COCc1ccccc1)O2. The lowest BCUT2D eigenvalue weighted by Gasteiger charge is -2.11. The van der Waals surface area contributed by atoms with E-state index in [0.717, 1.165) is 17.2 Å². The van der Waals surface area contributed by atoms with E-state index in [1.54, 1.807) is 30.3 Å². The van der Waals surface area contributed by atoms with Crippen LogP contribution in [0.4, 0.5) is 5.69 Å². The smallest absolute Gasteiger partial charge is 0.371 e. The molecular formula is C27H21NO7. The fourth-order valence-electron chi connectivity index (χ4n) is 4.01. The summed E-state index contributed by atoms with van der Waals surface area (Å²) in [6.07, 6.45) is 0.463. The highest BCUT2D eigenvalue weighted by molar-refractivity contribution is 6.08. The second-order valence-electron chi connectivity index (χ2n) is 8.18. The largest absolute Gasteiger partial charge is 0.487 e. The van der Waals surface area contributed by atoms with Gasteiger partial charge in [0, 0.05) is 18.1 Å². The minimum absolute atomic E-state index is 0.00544. The Bertz CT molecular complexity index is 1480. The highest BCUT2D eigenvalue weighted by atomic mass is 16.5. The number of hydrogen-bond acceptors (Lipinski definition) is 6. The lowest BCUT2D eigenvalue weighted by Crippen LogP contribution is -2.20. The number of para-hydroxylation sites is 1. The van der Waals surface area contributed by atoms with Gasteiger partial charge in [-0.3, -0.25) is 9.59 Å². The van der Waals surface area contributed by atoms with Crippen LogP contribution in [0.1, 0.15) is 32.0 Å². The molecule has 176 valence electrons. The van der Waals surface area contributed by atoms with E-state index in [9.17, 15) is 19.5 Å². The first-order chi connectivity index (χ1) is 17.0. The minimum Gasteiger partial charge on any atom is -0.487 e. The molecule has 0 saturated heterocycles. The quantitative estimate of drug-likeness (QED) is 0.414. The van der Waals surface area contributed by atoms with Crippen molar-refractivity contribution >= 4 is 28.5 Å². The van der Waals surface area contributed by atoms with Crippen molar-refractivity contribution in [1.29, 1.82) is 0 Å². The average molecular weight is 471 g/mol. The number of amides is 1. The van der Waals surface area contributed by atoms with Gasteiger partial charge in [-0.25, -0.2) is 4.79 Å². The molecule has 1 aromatic heterocycles. The molecule has 1 atom stereocenters. The zero-order valence-corrected chi connectivity index (χ0v) is 18.5. The van der Waals surface area contributed by atoms with Crippen molar-refractivity contribution in [3.8, 4) is 5.75 Å². The lowest BCUT2D eigenvalue weighted by molar-refractivity contribution is 0.0510. The molecule has 0 aliphatic carbocycles. The van der Waals surface area contributed by atoms with Gasteiger partial charge in [-0.2, -0.15) is 0 Å². The topological polar surface area (TPSA) is 115 Å². The van der Waals surface area contributed by atoms with E-state index in [-0.39, 0.29) is 22.8 Å². The number of carbonyl (C=O) groups is 2. The summed E-state index contributed by atoms with van der Waals surface area (Å²) >= 11 is 0. The van der Waals surface area contributed by atoms with Crippen LogP contribution in [0, 0.1) is 0 Å². The molecule has 8 nitrogen and oxygen atoms in total. The molecule has 3 aromatic carbocycles. The van der Waals surface area contributed by atoms with Crippen molar-refractivity contribution in [2.45, 2.75) is 19.1 Å². The summed E-state index contributed by atoms with van der Waals surface area (Å²) < 4.78 is 17.1. The van der Waals surface area contributed by atoms with Crippen molar-refractivity contribution < 1.29 is 28.6 Å². The van der Waals surface area contributed by atoms with Gasteiger partial charge in [0.2, 0.25) is 5.76 Å². The summed E-state index contributed by atoms with van der Waals surface area (Å²) in [4.78, 5) is 36.5. The van der Waals surface area contributed by atoms with Gasteiger partial charge in [-0.1, -0.05) is 36.4 Å². The molecule has 0 bridgehead atoms. The first kappa shape index (κ1) is 22.4. The van der Waals surface area contributed by atoms with Crippen molar-refractivity contribution in [3.63, 3.8) is 0 Å². The third-order valence-corrected chi connectivity index (χ3v) is 5.69. The molecule has 1 unspecified atom stereocenters. The minimum atomic E-state index is -1.37. The van der Waals surface area contributed by atoms with E-state index in [1.807, 2.05) is 30.3 Å². The summed E-state index contributed by atoms with van der Waals surface area (Å²) in [6, 6.07) is 20.6.